The third kappa shape index (κ3) is 20.3. The minimum atomic E-state index is -1.25. The third-order valence-corrected chi connectivity index (χ3v) is 9.47. The Bertz CT molecular complexity index is 2160. The van der Waals surface area contributed by atoms with Gasteiger partial charge < -0.3 is 50.4 Å². The summed E-state index contributed by atoms with van der Waals surface area (Å²) in [5.74, 6) is -1.93. The lowest BCUT2D eigenvalue weighted by Gasteiger charge is -2.27. The van der Waals surface area contributed by atoms with Crippen molar-refractivity contribution >= 4 is 35.9 Å². The summed E-state index contributed by atoms with van der Waals surface area (Å²) in [6.45, 7) is 10.3. The molecule has 16 heteroatoms. The molecule has 0 saturated heterocycles. The van der Waals surface area contributed by atoms with Gasteiger partial charge in [-0.3, -0.25) is 19.2 Å². The highest BCUT2D eigenvalue weighted by Gasteiger charge is 2.30. The Labute approximate surface area is 387 Å². The molecule has 354 valence electrons. The second-order valence-electron chi connectivity index (χ2n) is 17.7. The summed E-state index contributed by atoms with van der Waals surface area (Å²) >= 11 is 0. The number of ether oxygens (including phenoxy) is 4. The summed E-state index contributed by atoms with van der Waals surface area (Å²) in [7, 11) is 1.69. The van der Waals surface area contributed by atoms with Gasteiger partial charge in [0.15, 0.2) is 0 Å². The van der Waals surface area contributed by atoms with Crippen LogP contribution in [0.5, 0.6) is 5.75 Å². The van der Waals surface area contributed by atoms with E-state index >= 15 is 0 Å². The fourth-order valence-corrected chi connectivity index (χ4v) is 6.35. The van der Waals surface area contributed by atoms with E-state index < -0.39 is 71.7 Å². The van der Waals surface area contributed by atoms with Crippen molar-refractivity contribution in [3.8, 4) is 5.75 Å². The van der Waals surface area contributed by atoms with Crippen LogP contribution in [0.15, 0.2) is 115 Å². The number of rotatable bonds is 22. The van der Waals surface area contributed by atoms with E-state index in [1.54, 1.807) is 89.9 Å². The average Bonchev–Trinajstić information content (AvgIpc) is 3.26. The number of esters is 1. The summed E-state index contributed by atoms with van der Waals surface area (Å²) in [5, 5.41) is 13.5. The molecule has 16 nitrogen and oxygen atoms in total. The number of benzene rings is 4. The molecule has 0 unspecified atom stereocenters. The van der Waals surface area contributed by atoms with Crippen molar-refractivity contribution in [3.05, 3.63) is 138 Å². The minimum Gasteiger partial charge on any atom is -0.489 e. The van der Waals surface area contributed by atoms with Gasteiger partial charge in [0.05, 0.1) is 0 Å². The molecule has 0 radical (unpaired) electrons. The Balaban J connectivity index is 1.48. The number of carbonyl (C=O) groups excluding carboxylic acids is 6. The van der Waals surface area contributed by atoms with E-state index in [1.807, 2.05) is 78.9 Å². The van der Waals surface area contributed by atoms with Crippen molar-refractivity contribution < 1.29 is 47.7 Å². The van der Waals surface area contributed by atoms with Gasteiger partial charge in [0.2, 0.25) is 17.7 Å². The maximum absolute atomic E-state index is 14.2. The molecule has 66 heavy (non-hydrogen) atoms. The number of likely N-dealkylation sites (N-methyl/N-ethyl adjacent to an activating group) is 1. The highest BCUT2D eigenvalue weighted by Crippen LogP contribution is 2.16. The topological polar surface area (TPSA) is 203 Å². The SMILES string of the molecule is CN(CCNC(=O)[C@H](Cc1ccccc1)NC(=O)OC(C)(C)C)C[C@@H](NC(=O)[C@H](Cc1ccc(OCc2ccccc2)cc1)NC(=O)OCc1ccccc1)C(=O)NCC(=O)OC(C)(C)C. The number of hydrogen-bond acceptors (Lipinski definition) is 11. The van der Waals surface area contributed by atoms with Crippen molar-refractivity contribution in [1.29, 1.82) is 0 Å². The zero-order valence-electron chi connectivity index (χ0n) is 38.9. The first-order valence-corrected chi connectivity index (χ1v) is 21.8. The first-order valence-electron chi connectivity index (χ1n) is 21.8. The fraction of sp³-hybridized carbons (Fsp3) is 0.400. The first kappa shape index (κ1) is 51.7. The summed E-state index contributed by atoms with van der Waals surface area (Å²) in [4.78, 5) is 81.7. The lowest BCUT2D eigenvalue weighted by Crippen LogP contribution is -2.58. The lowest BCUT2D eigenvalue weighted by atomic mass is 10.0. The summed E-state index contributed by atoms with van der Waals surface area (Å²) in [6, 6.07) is 31.6. The van der Waals surface area contributed by atoms with Gasteiger partial charge in [-0.2, -0.15) is 0 Å². The molecular weight excluding hydrogens is 845 g/mol. The van der Waals surface area contributed by atoms with Crippen molar-refractivity contribution in [1.82, 2.24) is 31.5 Å². The molecule has 0 aliphatic carbocycles. The number of carbonyl (C=O) groups is 6. The van der Waals surface area contributed by atoms with Crippen molar-refractivity contribution in [2.45, 2.75) is 96.9 Å². The highest BCUT2D eigenvalue weighted by molar-refractivity contribution is 5.92. The first-order chi connectivity index (χ1) is 31.3. The molecule has 0 aromatic heterocycles. The van der Waals surface area contributed by atoms with E-state index in [2.05, 4.69) is 26.6 Å². The van der Waals surface area contributed by atoms with E-state index in [1.165, 1.54) is 0 Å². The molecule has 3 atom stereocenters. The van der Waals surface area contributed by atoms with Crippen LogP contribution in [-0.4, -0.2) is 103 Å². The molecule has 5 amide bonds. The van der Waals surface area contributed by atoms with Gasteiger partial charge in [-0.05, 0) is 83.0 Å². The zero-order chi connectivity index (χ0) is 48.1. The Hall–Kier alpha value is -6.94. The normalized spacial score (nSPS) is 12.7. The molecule has 0 heterocycles. The van der Waals surface area contributed by atoms with Crippen LogP contribution in [-0.2, 0) is 59.4 Å². The Morgan fingerprint density at radius 3 is 1.58 bits per heavy atom. The molecule has 0 spiro atoms. The molecule has 0 saturated carbocycles. The standard InChI is InChI=1S/C50H64N6O10/c1-49(2,3)65-43(57)31-52-45(59)42(32-56(7)28-27-51-44(58)40(29-35-17-11-8-12-18-35)55-48(62)66-50(4,5)6)53-46(60)41(54-47(61)64-34-38-21-15-10-16-22-38)30-36-23-25-39(26-24-36)63-33-37-19-13-9-14-20-37/h8-26,40-42H,27-34H2,1-7H3,(H,51,58)(H,52,59)(H,53,60)(H,54,61)(H,55,62)/t40-,41-,42+/m0/s1. The van der Waals surface area contributed by atoms with Crippen LogP contribution in [0.3, 0.4) is 0 Å². The fourth-order valence-electron chi connectivity index (χ4n) is 6.35. The predicted octanol–water partition coefficient (Wildman–Crippen LogP) is 5.23. The maximum Gasteiger partial charge on any atom is 0.408 e. The molecule has 0 aliphatic rings. The minimum absolute atomic E-state index is 0.0147. The van der Waals surface area contributed by atoms with Crippen LogP contribution in [0, 0.1) is 0 Å². The van der Waals surface area contributed by atoms with Gasteiger partial charge in [0, 0.05) is 32.5 Å². The summed E-state index contributed by atoms with van der Waals surface area (Å²) < 4.78 is 22.2. The van der Waals surface area contributed by atoms with Crippen LogP contribution in [0.4, 0.5) is 9.59 Å². The van der Waals surface area contributed by atoms with Gasteiger partial charge in [0.25, 0.3) is 0 Å². The molecule has 5 N–H and O–H groups in total. The Kier molecular flexibility index (Phi) is 20.0. The van der Waals surface area contributed by atoms with Crippen LogP contribution in [0.1, 0.15) is 63.8 Å². The molecule has 0 fully saturated rings. The molecule has 4 aromatic rings. The second-order valence-corrected chi connectivity index (χ2v) is 17.7. The van der Waals surface area contributed by atoms with Crippen molar-refractivity contribution in [3.63, 3.8) is 0 Å². The van der Waals surface area contributed by atoms with Crippen LogP contribution < -0.4 is 31.3 Å². The van der Waals surface area contributed by atoms with E-state index in [9.17, 15) is 28.8 Å². The van der Waals surface area contributed by atoms with Crippen LogP contribution in [0.2, 0.25) is 0 Å². The molecule has 0 bridgehead atoms. The molecule has 4 rings (SSSR count). The Morgan fingerprint density at radius 1 is 0.530 bits per heavy atom. The molecule has 4 aromatic carbocycles. The van der Waals surface area contributed by atoms with Crippen LogP contribution >= 0.6 is 0 Å². The van der Waals surface area contributed by atoms with Gasteiger partial charge >= 0.3 is 18.2 Å². The monoisotopic (exact) mass is 908 g/mol. The van der Waals surface area contributed by atoms with E-state index in [4.69, 9.17) is 18.9 Å². The van der Waals surface area contributed by atoms with Gasteiger partial charge in [-0.1, -0.05) is 103 Å². The number of hydrogen-bond donors (Lipinski definition) is 5. The zero-order valence-corrected chi connectivity index (χ0v) is 38.9. The summed E-state index contributed by atoms with van der Waals surface area (Å²) in [6.07, 6.45) is -1.38. The van der Waals surface area contributed by atoms with E-state index in [0.29, 0.717) is 17.9 Å². The van der Waals surface area contributed by atoms with Gasteiger partial charge in [-0.15, -0.1) is 0 Å². The van der Waals surface area contributed by atoms with Crippen LogP contribution in [0.25, 0.3) is 0 Å². The lowest BCUT2D eigenvalue weighted by molar-refractivity contribution is -0.154. The smallest absolute Gasteiger partial charge is 0.408 e. The number of amides is 5. The average molecular weight is 909 g/mol. The van der Waals surface area contributed by atoms with E-state index in [0.717, 1.165) is 16.7 Å². The van der Waals surface area contributed by atoms with Gasteiger partial charge in [-0.25, -0.2) is 9.59 Å². The highest BCUT2D eigenvalue weighted by atomic mass is 16.6. The number of nitrogens with one attached hydrogen (secondary N) is 5. The number of nitrogens with zero attached hydrogens (tertiary/aromatic N) is 1. The Morgan fingerprint density at radius 2 is 1.02 bits per heavy atom. The quantitative estimate of drug-likeness (QED) is 0.0511. The van der Waals surface area contributed by atoms with Crippen molar-refractivity contribution in [2.24, 2.45) is 0 Å². The van der Waals surface area contributed by atoms with E-state index in [-0.39, 0.29) is 39.1 Å². The predicted molar refractivity (Wildman–Crippen MR) is 249 cm³/mol. The molecular formula is C50H64N6O10. The summed E-state index contributed by atoms with van der Waals surface area (Å²) in [5.41, 5.74) is 1.66. The largest absolute Gasteiger partial charge is 0.489 e. The molecule has 0 aliphatic heterocycles. The second kappa shape index (κ2) is 25.5. The van der Waals surface area contributed by atoms with Crippen molar-refractivity contribution in [2.75, 3.05) is 33.2 Å². The van der Waals surface area contributed by atoms with Gasteiger partial charge in [0.1, 0.15) is 54.8 Å². The maximum atomic E-state index is 14.2. The number of alkyl carbamates (subject to hydrolysis) is 2. The third-order valence-electron chi connectivity index (χ3n) is 9.47.